The Kier molecular flexibility index (Phi) is 3.22. The molecule has 2 rings (SSSR count). The Balaban J connectivity index is 2.19. The lowest BCUT2D eigenvalue weighted by atomic mass is 10.1. The quantitative estimate of drug-likeness (QED) is 0.814. The van der Waals surface area contributed by atoms with E-state index in [-0.39, 0.29) is 12.3 Å². The zero-order chi connectivity index (χ0) is 12.4. The summed E-state index contributed by atoms with van der Waals surface area (Å²) in [6, 6.07) is 3.50. The minimum Gasteiger partial charge on any atom is -0.445 e. The second kappa shape index (κ2) is 4.65. The molecule has 0 radical (unpaired) electrons. The van der Waals surface area contributed by atoms with Gasteiger partial charge in [0, 0.05) is 12.0 Å². The van der Waals surface area contributed by atoms with Crippen molar-refractivity contribution in [1.29, 1.82) is 0 Å². The number of nitrogens with zero attached hydrogens (tertiary/aromatic N) is 1. The average molecular weight is 237 g/mol. The maximum absolute atomic E-state index is 13.4. The van der Waals surface area contributed by atoms with E-state index in [9.17, 15) is 8.78 Å². The SMILES string of the molecule is CC(C)c1cnc(Cc2ccc(F)cc2F)o1. The van der Waals surface area contributed by atoms with Crippen LogP contribution in [0.25, 0.3) is 0 Å². The fourth-order valence-electron chi connectivity index (χ4n) is 1.50. The third-order valence-electron chi connectivity index (χ3n) is 2.50. The van der Waals surface area contributed by atoms with Crippen LogP contribution in [0, 0.1) is 11.6 Å². The Labute approximate surface area is 98.3 Å². The standard InChI is InChI=1S/C13H13F2NO/c1-8(2)12-7-16-13(17-12)5-9-3-4-10(14)6-11(9)15/h3-4,6-8H,5H2,1-2H3. The molecule has 0 saturated carbocycles. The van der Waals surface area contributed by atoms with Gasteiger partial charge in [0.2, 0.25) is 0 Å². The number of oxazole rings is 1. The number of halogens is 2. The third-order valence-corrected chi connectivity index (χ3v) is 2.50. The highest BCUT2D eigenvalue weighted by molar-refractivity contribution is 5.21. The Morgan fingerprint density at radius 1 is 1.29 bits per heavy atom. The van der Waals surface area contributed by atoms with Crippen molar-refractivity contribution in [3.05, 3.63) is 53.2 Å². The molecule has 0 atom stereocenters. The largest absolute Gasteiger partial charge is 0.445 e. The highest BCUT2D eigenvalue weighted by atomic mass is 19.1. The first-order valence-electron chi connectivity index (χ1n) is 5.45. The van der Waals surface area contributed by atoms with Gasteiger partial charge in [0.05, 0.1) is 12.6 Å². The van der Waals surface area contributed by atoms with Crippen LogP contribution in [-0.2, 0) is 6.42 Å². The van der Waals surface area contributed by atoms with E-state index in [1.165, 1.54) is 12.1 Å². The van der Waals surface area contributed by atoms with Gasteiger partial charge in [-0.3, -0.25) is 0 Å². The van der Waals surface area contributed by atoms with Crippen molar-refractivity contribution in [3.63, 3.8) is 0 Å². The molecule has 0 amide bonds. The first-order chi connectivity index (χ1) is 8.06. The predicted molar refractivity (Wildman–Crippen MR) is 59.8 cm³/mol. The summed E-state index contributed by atoms with van der Waals surface area (Å²) in [6.07, 6.45) is 1.88. The van der Waals surface area contributed by atoms with E-state index in [4.69, 9.17) is 4.42 Å². The summed E-state index contributed by atoms with van der Waals surface area (Å²) in [7, 11) is 0. The van der Waals surface area contributed by atoms with E-state index >= 15 is 0 Å². The molecule has 0 aliphatic heterocycles. The lowest BCUT2D eigenvalue weighted by Crippen LogP contribution is -1.93. The molecule has 2 nitrogen and oxygen atoms in total. The van der Waals surface area contributed by atoms with Crippen LogP contribution in [0.4, 0.5) is 8.78 Å². The van der Waals surface area contributed by atoms with Crippen molar-refractivity contribution >= 4 is 0 Å². The predicted octanol–water partition coefficient (Wildman–Crippen LogP) is 3.67. The maximum Gasteiger partial charge on any atom is 0.198 e. The van der Waals surface area contributed by atoms with Gasteiger partial charge in [0.15, 0.2) is 5.89 Å². The van der Waals surface area contributed by atoms with Crippen LogP contribution in [0.2, 0.25) is 0 Å². The lowest BCUT2D eigenvalue weighted by Gasteiger charge is -2.00. The van der Waals surface area contributed by atoms with Gasteiger partial charge >= 0.3 is 0 Å². The van der Waals surface area contributed by atoms with Crippen molar-refractivity contribution in [2.24, 2.45) is 0 Å². The Morgan fingerprint density at radius 2 is 2.06 bits per heavy atom. The maximum atomic E-state index is 13.4. The van der Waals surface area contributed by atoms with Gasteiger partial charge in [-0.05, 0) is 11.6 Å². The highest BCUT2D eigenvalue weighted by Gasteiger charge is 2.11. The number of aromatic nitrogens is 1. The topological polar surface area (TPSA) is 26.0 Å². The fraction of sp³-hybridized carbons (Fsp3) is 0.308. The first kappa shape index (κ1) is 11.8. The molecule has 2 aromatic rings. The minimum atomic E-state index is -0.582. The summed E-state index contributed by atoms with van der Waals surface area (Å²) in [5.41, 5.74) is 0.378. The van der Waals surface area contributed by atoms with Gasteiger partial charge < -0.3 is 4.42 Å². The molecular weight excluding hydrogens is 224 g/mol. The van der Waals surface area contributed by atoms with Crippen LogP contribution in [0.5, 0.6) is 0 Å². The molecule has 0 saturated heterocycles. The van der Waals surface area contributed by atoms with Gasteiger partial charge in [0.1, 0.15) is 17.4 Å². The van der Waals surface area contributed by atoms with Crippen LogP contribution in [0.1, 0.15) is 37.0 Å². The number of hydrogen-bond acceptors (Lipinski definition) is 2. The van der Waals surface area contributed by atoms with E-state index in [2.05, 4.69) is 4.98 Å². The molecule has 0 aliphatic carbocycles. The Bertz CT molecular complexity index is 520. The molecule has 4 heteroatoms. The van der Waals surface area contributed by atoms with Gasteiger partial charge in [-0.2, -0.15) is 0 Å². The molecule has 0 spiro atoms. The minimum absolute atomic E-state index is 0.235. The second-order valence-electron chi connectivity index (χ2n) is 4.22. The Morgan fingerprint density at radius 3 is 2.65 bits per heavy atom. The molecule has 90 valence electrons. The van der Waals surface area contributed by atoms with Crippen LogP contribution in [-0.4, -0.2) is 4.98 Å². The molecular formula is C13H13F2NO. The van der Waals surface area contributed by atoms with Crippen LogP contribution < -0.4 is 0 Å². The van der Waals surface area contributed by atoms with Crippen molar-refractivity contribution in [3.8, 4) is 0 Å². The van der Waals surface area contributed by atoms with E-state index in [1.54, 1.807) is 6.20 Å². The molecule has 1 aromatic heterocycles. The summed E-state index contributed by atoms with van der Waals surface area (Å²) in [5.74, 6) is 0.298. The van der Waals surface area contributed by atoms with Crippen molar-refractivity contribution in [2.45, 2.75) is 26.2 Å². The highest BCUT2D eigenvalue weighted by Crippen LogP contribution is 2.18. The molecule has 0 bridgehead atoms. The summed E-state index contributed by atoms with van der Waals surface area (Å²) in [4.78, 5) is 4.07. The van der Waals surface area contributed by atoms with Crippen molar-refractivity contribution in [1.82, 2.24) is 4.98 Å². The number of hydrogen-bond donors (Lipinski definition) is 0. The van der Waals surface area contributed by atoms with E-state index in [0.717, 1.165) is 11.8 Å². The van der Waals surface area contributed by atoms with Crippen LogP contribution >= 0.6 is 0 Å². The summed E-state index contributed by atoms with van der Waals surface area (Å²) in [6.45, 7) is 3.98. The van der Waals surface area contributed by atoms with E-state index in [0.29, 0.717) is 11.5 Å². The van der Waals surface area contributed by atoms with Crippen molar-refractivity contribution < 1.29 is 13.2 Å². The molecule has 0 aliphatic rings. The lowest BCUT2D eigenvalue weighted by molar-refractivity contribution is 0.444. The molecule has 17 heavy (non-hydrogen) atoms. The van der Waals surface area contributed by atoms with Crippen LogP contribution in [0.15, 0.2) is 28.8 Å². The van der Waals surface area contributed by atoms with Gasteiger partial charge in [0.25, 0.3) is 0 Å². The zero-order valence-electron chi connectivity index (χ0n) is 9.71. The van der Waals surface area contributed by atoms with Gasteiger partial charge in [-0.25, -0.2) is 13.8 Å². The monoisotopic (exact) mass is 237 g/mol. The molecule has 0 N–H and O–H groups in total. The molecule has 1 heterocycles. The molecule has 0 unspecified atom stereocenters. The van der Waals surface area contributed by atoms with E-state index in [1.807, 2.05) is 13.8 Å². The number of rotatable bonds is 3. The third kappa shape index (κ3) is 2.70. The number of benzene rings is 1. The van der Waals surface area contributed by atoms with E-state index < -0.39 is 11.6 Å². The van der Waals surface area contributed by atoms with Crippen molar-refractivity contribution in [2.75, 3.05) is 0 Å². The van der Waals surface area contributed by atoms with Crippen LogP contribution in [0.3, 0.4) is 0 Å². The summed E-state index contributed by atoms with van der Waals surface area (Å²) < 4.78 is 31.6. The Hall–Kier alpha value is -1.71. The summed E-state index contributed by atoms with van der Waals surface area (Å²) in [5, 5.41) is 0. The van der Waals surface area contributed by atoms with Gasteiger partial charge in [-0.1, -0.05) is 19.9 Å². The summed E-state index contributed by atoms with van der Waals surface area (Å²) >= 11 is 0. The molecule has 0 fully saturated rings. The smallest absolute Gasteiger partial charge is 0.198 e. The normalized spacial score (nSPS) is 11.1. The molecule has 1 aromatic carbocycles. The fourth-order valence-corrected chi connectivity index (χ4v) is 1.50. The zero-order valence-corrected chi connectivity index (χ0v) is 9.71. The van der Waals surface area contributed by atoms with Gasteiger partial charge in [-0.15, -0.1) is 0 Å². The average Bonchev–Trinajstić information content (AvgIpc) is 2.71. The first-order valence-corrected chi connectivity index (χ1v) is 5.45. The second-order valence-corrected chi connectivity index (χ2v) is 4.22.